The van der Waals surface area contributed by atoms with E-state index in [4.69, 9.17) is 5.73 Å². The van der Waals surface area contributed by atoms with Crippen LogP contribution in [0, 0.1) is 12.7 Å². The Bertz CT molecular complexity index is 354. The molecule has 1 aliphatic carbocycles. The highest BCUT2D eigenvalue weighted by Gasteiger charge is 2.31. The number of rotatable bonds is 1. The van der Waals surface area contributed by atoms with Gasteiger partial charge in [-0.15, -0.1) is 0 Å². The minimum atomic E-state index is -0.422. The van der Waals surface area contributed by atoms with Crippen LogP contribution in [0.25, 0.3) is 0 Å². The molecular weight excluding hydrogens is 189 g/mol. The fourth-order valence-corrected chi connectivity index (χ4v) is 2.47. The molecule has 1 fully saturated rings. The van der Waals surface area contributed by atoms with Gasteiger partial charge in [-0.1, -0.05) is 37.0 Å². The summed E-state index contributed by atoms with van der Waals surface area (Å²) in [4.78, 5) is 0. The van der Waals surface area contributed by atoms with Gasteiger partial charge in [0, 0.05) is 11.1 Å². The normalized spacial score (nSPS) is 20.2. The molecule has 0 aromatic heterocycles. The van der Waals surface area contributed by atoms with Crippen LogP contribution in [0.4, 0.5) is 4.39 Å². The van der Waals surface area contributed by atoms with Gasteiger partial charge in [0.15, 0.2) is 0 Å². The molecule has 2 heteroatoms. The molecule has 0 radical (unpaired) electrons. The summed E-state index contributed by atoms with van der Waals surface area (Å²) in [5.41, 5.74) is 7.68. The van der Waals surface area contributed by atoms with E-state index in [0.717, 1.165) is 31.2 Å². The summed E-state index contributed by atoms with van der Waals surface area (Å²) in [6.07, 6.45) is 5.28. The summed E-state index contributed by atoms with van der Waals surface area (Å²) in [5, 5.41) is 0. The summed E-state index contributed by atoms with van der Waals surface area (Å²) < 4.78 is 13.7. The second kappa shape index (κ2) is 3.93. The van der Waals surface area contributed by atoms with Crippen LogP contribution >= 0.6 is 0 Å². The molecule has 0 atom stereocenters. The van der Waals surface area contributed by atoms with E-state index in [1.807, 2.05) is 13.0 Å². The Hall–Kier alpha value is -0.890. The van der Waals surface area contributed by atoms with Gasteiger partial charge >= 0.3 is 0 Å². The maximum Gasteiger partial charge on any atom is 0.128 e. The van der Waals surface area contributed by atoms with Gasteiger partial charge < -0.3 is 5.73 Å². The molecule has 1 aromatic carbocycles. The van der Waals surface area contributed by atoms with E-state index in [-0.39, 0.29) is 5.82 Å². The second-order valence-corrected chi connectivity index (χ2v) is 4.70. The fraction of sp³-hybridized carbons (Fsp3) is 0.538. The Morgan fingerprint density at radius 2 is 1.87 bits per heavy atom. The van der Waals surface area contributed by atoms with Gasteiger partial charge in [-0.05, 0) is 25.8 Å². The Morgan fingerprint density at radius 1 is 1.20 bits per heavy atom. The zero-order valence-corrected chi connectivity index (χ0v) is 9.22. The van der Waals surface area contributed by atoms with Crippen LogP contribution in [0.3, 0.4) is 0 Å². The van der Waals surface area contributed by atoms with Crippen molar-refractivity contribution in [1.82, 2.24) is 0 Å². The van der Waals surface area contributed by atoms with Crippen LogP contribution in [0.1, 0.15) is 43.2 Å². The zero-order chi connectivity index (χ0) is 10.9. The third kappa shape index (κ3) is 2.05. The molecule has 1 saturated carbocycles. The number of aryl methyl sites for hydroxylation is 1. The summed E-state index contributed by atoms with van der Waals surface area (Å²) >= 11 is 0. The van der Waals surface area contributed by atoms with E-state index in [0.29, 0.717) is 5.56 Å². The summed E-state index contributed by atoms with van der Waals surface area (Å²) in [6.45, 7) is 1.98. The molecule has 0 bridgehead atoms. The lowest BCUT2D eigenvalue weighted by atomic mass is 9.77. The Balaban J connectivity index is 2.38. The SMILES string of the molecule is Cc1ccc(F)c(C2(N)CCCCC2)c1. The average molecular weight is 207 g/mol. The van der Waals surface area contributed by atoms with Crippen molar-refractivity contribution >= 4 is 0 Å². The van der Waals surface area contributed by atoms with Gasteiger partial charge in [0.05, 0.1) is 0 Å². The lowest BCUT2D eigenvalue weighted by molar-refractivity contribution is 0.293. The van der Waals surface area contributed by atoms with Crippen molar-refractivity contribution in [3.05, 3.63) is 35.1 Å². The van der Waals surface area contributed by atoms with Crippen LogP contribution in [-0.4, -0.2) is 0 Å². The Morgan fingerprint density at radius 3 is 2.53 bits per heavy atom. The molecule has 15 heavy (non-hydrogen) atoms. The first-order valence-corrected chi connectivity index (χ1v) is 5.67. The largest absolute Gasteiger partial charge is 0.321 e. The van der Waals surface area contributed by atoms with Crippen LogP contribution in [0.5, 0.6) is 0 Å². The van der Waals surface area contributed by atoms with Crippen molar-refractivity contribution in [1.29, 1.82) is 0 Å². The molecule has 0 aliphatic heterocycles. The fourth-order valence-electron chi connectivity index (χ4n) is 2.47. The van der Waals surface area contributed by atoms with E-state index in [9.17, 15) is 4.39 Å². The molecular formula is C13H18FN. The van der Waals surface area contributed by atoms with Crippen LogP contribution in [-0.2, 0) is 5.54 Å². The Kier molecular flexibility index (Phi) is 2.79. The number of halogens is 1. The molecule has 1 aliphatic rings. The van der Waals surface area contributed by atoms with Gasteiger partial charge in [-0.25, -0.2) is 4.39 Å². The summed E-state index contributed by atoms with van der Waals surface area (Å²) in [6, 6.07) is 5.24. The lowest BCUT2D eigenvalue weighted by Gasteiger charge is -2.34. The topological polar surface area (TPSA) is 26.0 Å². The predicted molar refractivity (Wildman–Crippen MR) is 60.1 cm³/mol. The molecule has 1 nitrogen and oxygen atoms in total. The average Bonchev–Trinajstić information content (AvgIpc) is 2.23. The minimum Gasteiger partial charge on any atom is -0.321 e. The highest BCUT2D eigenvalue weighted by atomic mass is 19.1. The van der Waals surface area contributed by atoms with Crippen LogP contribution in [0.15, 0.2) is 18.2 Å². The predicted octanol–water partition coefficient (Wildman–Crippen LogP) is 3.25. The Labute approximate surface area is 90.5 Å². The maximum atomic E-state index is 13.7. The first-order valence-electron chi connectivity index (χ1n) is 5.67. The van der Waals surface area contributed by atoms with Crippen LogP contribution < -0.4 is 5.73 Å². The number of benzene rings is 1. The van der Waals surface area contributed by atoms with Gasteiger partial charge in [0.2, 0.25) is 0 Å². The standard InChI is InChI=1S/C13H18FN/c1-10-5-6-12(14)11(9-10)13(15)7-3-2-4-8-13/h5-6,9H,2-4,7-8,15H2,1H3. The monoisotopic (exact) mass is 207 g/mol. The van der Waals surface area contributed by atoms with Crippen molar-refractivity contribution in [3.63, 3.8) is 0 Å². The van der Waals surface area contributed by atoms with Crippen LogP contribution in [0.2, 0.25) is 0 Å². The minimum absolute atomic E-state index is 0.148. The van der Waals surface area contributed by atoms with Crippen molar-refractivity contribution in [3.8, 4) is 0 Å². The zero-order valence-electron chi connectivity index (χ0n) is 9.22. The second-order valence-electron chi connectivity index (χ2n) is 4.70. The number of hydrogen-bond acceptors (Lipinski definition) is 1. The molecule has 2 rings (SSSR count). The van der Waals surface area contributed by atoms with Crippen molar-refractivity contribution in [2.75, 3.05) is 0 Å². The third-order valence-corrected chi connectivity index (χ3v) is 3.40. The molecule has 0 spiro atoms. The molecule has 0 amide bonds. The summed E-state index contributed by atoms with van der Waals surface area (Å²) in [5.74, 6) is -0.148. The molecule has 0 saturated heterocycles. The van der Waals surface area contributed by atoms with Gasteiger partial charge in [0.1, 0.15) is 5.82 Å². The molecule has 1 aromatic rings. The molecule has 0 unspecified atom stereocenters. The van der Waals surface area contributed by atoms with E-state index < -0.39 is 5.54 Å². The number of hydrogen-bond donors (Lipinski definition) is 1. The van der Waals surface area contributed by atoms with E-state index >= 15 is 0 Å². The van der Waals surface area contributed by atoms with E-state index in [1.54, 1.807) is 6.07 Å². The van der Waals surface area contributed by atoms with E-state index in [2.05, 4.69) is 0 Å². The third-order valence-electron chi connectivity index (χ3n) is 3.40. The highest BCUT2D eigenvalue weighted by Crippen LogP contribution is 2.36. The van der Waals surface area contributed by atoms with Gasteiger partial charge in [-0.3, -0.25) is 0 Å². The van der Waals surface area contributed by atoms with Crippen molar-refractivity contribution in [2.45, 2.75) is 44.6 Å². The summed E-state index contributed by atoms with van der Waals surface area (Å²) in [7, 11) is 0. The first-order chi connectivity index (χ1) is 7.12. The number of nitrogens with two attached hydrogens (primary N) is 1. The smallest absolute Gasteiger partial charge is 0.128 e. The van der Waals surface area contributed by atoms with Gasteiger partial charge in [0.25, 0.3) is 0 Å². The highest BCUT2D eigenvalue weighted by molar-refractivity contribution is 5.30. The van der Waals surface area contributed by atoms with Crippen molar-refractivity contribution in [2.24, 2.45) is 5.73 Å². The quantitative estimate of drug-likeness (QED) is 0.751. The maximum absolute atomic E-state index is 13.7. The first kappa shape index (κ1) is 10.6. The van der Waals surface area contributed by atoms with Gasteiger partial charge in [-0.2, -0.15) is 0 Å². The molecule has 0 heterocycles. The lowest BCUT2D eigenvalue weighted by Crippen LogP contribution is -2.39. The van der Waals surface area contributed by atoms with E-state index in [1.165, 1.54) is 12.5 Å². The van der Waals surface area contributed by atoms with Crippen molar-refractivity contribution < 1.29 is 4.39 Å². The molecule has 82 valence electrons. The molecule has 2 N–H and O–H groups in total.